The van der Waals surface area contributed by atoms with Crippen LogP contribution in [0.2, 0.25) is 0 Å². The number of halogens is 1. The molecule has 0 aromatic heterocycles. The SMILES string of the molecule is CCCCCCNC(C)CCCl. The second kappa shape index (κ2) is 9.34. The number of nitrogens with one attached hydrogen (secondary N) is 1. The second-order valence-corrected chi connectivity index (χ2v) is 3.77. The first-order valence-electron chi connectivity index (χ1n) is 5.10. The van der Waals surface area contributed by atoms with E-state index in [9.17, 15) is 0 Å². The second-order valence-electron chi connectivity index (χ2n) is 3.39. The smallest absolute Gasteiger partial charge is 0.0238 e. The van der Waals surface area contributed by atoms with Gasteiger partial charge in [0.2, 0.25) is 0 Å². The summed E-state index contributed by atoms with van der Waals surface area (Å²) in [6, 6.07) is 0.587. The molecule has 1 N–H and O–H groups in total. The van der Waals surface area contributed by atoms with Crippen LogP contribution in [0.4, 0.5) is 0 Å². The molecule has 0 bridgehead atoms. The lowest BCUT2D eigenvalue weighted by atomic mass is 10.2. The first kappa shape index (κ1) is 12.2. The minimum atomic E-state index is 0.587. The predicted molar refractivity (Wildman–Crippen MR) is 56.9 cm³/mol. The average Bonchev–Trinajstić information content (AvgIpc) is 2.05. The van der Waals surface area contributed by atoms with E-state index in [0.29, 0.717) is 6.04 Å². The van der Waals surface area contributed by atoms with Crippen LogP contribution in [0.5, 0.6) is 0 Å². The third-order valence-corrected chi connectivity index (χ3v) is 2.28. The van der Waals surface area contributed by atoms with Gasteiger partial charge in [0.15, 0.2) is 0 Å². The van der Waals surface area contributed by atoms with Gasteiger partial charge < -0.3 is 5.32 Å². The van der Waals surface area contributed by atoms with E-state index < -0.39 is 0 Å². The fraction of sp³-hybridized carbons (Fsp3) is 1.00. The Hall–Kier alpha value is 0.250. The molecule has 0 amide bonds. The van der Waals surface area contributed by atoms with E-state index in [1.165, 1.54) is 25.7 Å². The molecule has 0 fully saturated rings. The van der Waals surface area contributed by atoms with Gasteiger partial charge in [-0.1, -0.05) is 26.2 Å². The Balaban J connectivity index is 2.97. The molecule has 0 aromatic rings. The quantitative estimate of drug-likeness (QED) is 0.459. The molecule has 0 saturated carbocycles. The van der Waals surface area contributed by atoms with E-state index >= 15 is 0 Å². The number of alkyl halides is 1. The number of hydrogen-bond acceptors (Lipinski definition) is 1. The fourth-order valence-corrected chi connectivity index (χ4v) is 1.49. The molecule has 1 atom stereocenters. The van der Waals surface area contributed by atoms with Gasteiger partial charge in [-0.2, -0.15) is 0 Å². The standard InChI is InChI=1S/C10H22ClN/c1-3-4-5-6-9-12-10(2)7-8-11/h10,12H,3-9H2,1-2H3. The zero-order valence-corrected chi connectivity index (χ0v) is 9.16. The van der Waals surface area contributed by atoms with Crippen LogP contribution in [0, 0.1) is 0 Å². The van der Waals surface area contributed by atoms with Gasteiger partial charge in [0.1, 0.15) is 0 Å². The van der Waals surface area contributed by atoms with Crippen molar-refractivity contribution in [3.63, 3.8) is 0 Å². The Kier molecular flexibility index (Phi) is 9.53. The molecular formula is C10H22ClN. The van der Waals surface area contributed by atoms with E-state index in [0.717, 1.165) is 18.8 Å². The Bertz CT molecular complexity index is 85.9. The molecule has 0 aliphatic carbocycles. The molecule has 0 aromatic carbocycles. The molecule has 74 valence electrons. The van der Waals surface area contributed by atoms with Crippen molar-refractivity contribution in [2.45, 2.75) is 52.0 Å². The van der Waals surface area contributed by atoms with Crippen molar-refractivity contribution in [2.24, 2.45) is 0 Å². The molecular weight excluding hydrogens is 170 g/mol. The van der Waals surface area contributed by atoms with E-state index in [4.69, 9.17) is 11.6 Å². The molecule has 0 rings (SSSR count). The summed E-state index contributed by atoms with van der Waals surface area (Å²) in [4.78, 5) is 0. The lowest BCUT2D eigenvalue weighted by Crippen LogP contribution is -2.27. The van der Waals surface area contributed by atoms with Crippen molar-refractivity contribution in [3.05, 3.63) is 0 Å². The summed E-state index contributed by atoms with van der Waals surface area (Å²) in [7, 11) is 0. The van der Waals surface area contributed by atoms with Gasteiger partial charge in [0.25, 0.3) is 0 Å². The third kappa shape index (κ3) is 8.35. The molecule has 0 radical (unpaired) electrons. The Labute approximate surface area is 81.9 Å². The number of hydrogen-bond donors (Lipinski definition) is 1. The zero-order chi connectivity index (χ0) is 9.23. The minimum absolute atomic E-state index is 0.587. The van der Waals surface area contributed by atoms with Crippen molar-refractivity contribution < 1.29 is 0 Å². The van der Waals surface area contributed by atoms with Crippen LogP contribution in [-0.2, 0) is 0 Å². The van der Waals surface area contributed by atoms with Gasteiger partial charge >= 0.3 is 0 Å². The summed E-state index contributed by atoms with van der Waals surface area (Å²) in [6.45, 7) is 5.59. The molecule has 0 saturated heterocycles. The molecule has 1 nitrogen and oxygen atoms in total. The van der Waals surface area contributed by atoms with Crippen molar-refractivity contribution in [1.82, 2.24) is 5.32 Å². The minimum Gasteiger partial charge on any atom is -0.314 e. The van der Waals surface area contributed by atoms with E-state index in [1.54, 1.807) is 0 Å². The number of rotatable bonds is 8. The normalized spacial score (nSPS) is 13.2. The highest BCUT2D eigenvalue weighted by Gasteiger charge is 1.97. The number of unbranched alkanes of at least 4 members (excludes halogenated alkanes) is 3. The summed E-state index contributed by atoms with van der Waals surface area (Å²) in [5.74, 6) is 0.767. The van der Waals surface area contributed by atoms with Crippen molar-refractivity contribution >= 4 is 11.6 Å². The highest BCUT2D eigenvalue weighted by Crippen LogP contribution is 1.98. The van der Waals surface area contributed by atoms with Crippen LogP contribution in [0.1, 0.15) is 46.0 Å². The van der Waals surface area contributed by atoms with E-state index in [2.05, 4.69) is 19.2 Å². The van der Waals surface area contributed by atoms with Crippen LogP contribution >= 0.6 is 11.6 Å². The summed E-state index contributed by atoms with van der Waals surface area (Å²) >= 11 is 5.62. The van der Waals surface area contributed by atoms with Gasteiger partial charge in [-0.3, -0.25) is 0 Å². The van der Waals surface area contributed by atoms with Crippen molar-refractivity contribution in [2.75, 3.05) is 12.4 Å². The average molecular weight is 192 g/mol. The van der Waals surface area contributed by atoms with Crippen molar-refractivity contribution in [3.8, 4) is 0 Å². The Morgan fingerprint density at radius 3 is 2.58 bits per heavy atom. The highest BCUT2D eigenvalue weighted by atomic mass is 35.5. The molecule has 0 heterocycles. The molecule has 12 heavy (non-hydrogen) atoms. The van der Waals surface area contributed by atoms with Gasteiger partial charge in [0, 0.05) is 11.9 Å². The lowest BCUT2D eigenvalue weighted by molar-refractivity contribution is 0.511. The largest absolute Gasteiger partial charge is 0.314 e. The molecule has 0 aliphatic heterocycles. The predicted octanol–water partition coefficient (Wildman–Crippen LogP) is 3.17. The van der Waals surface area contributed by atoms with Crippen molar-refractivity contribution in [1.29, 1.82) is 0 Å². The van der Waals surface area contributed by atoms with E-state index in [-0.39, 0.29) is 0 Å². The molecule has 0 aliphatic rings. The first-order valence-corrected chi connectivity index (χ1v) is 5.64. The van der Waals surface area contributed by atoms with E-state index in [1.807, 2.05) is 0 Å². The lowest BCUT2D eigenvalue weighted by Gasteiger charge is -2.11. The Morgan fingerprint density at radius 2 is 2.00 bits per heavy atom. The monoisotopic (exact) mass is 191 g/mol. The fourth-order valence-electron chi connectivity index (χ4n) is 1.17. The summed E-state index contributed by atoms with van der Waals surface area (Å²) < 4.78 is 0. The zero-order valence-electron chi connectivity index (χ0n) is 8.41. The molecule has 0 spiro atoms. The van der Waals surface area contributed by atoms with Crippen LogP contribution in [0.25, 0.3) is 0 Å². The van der Waals surface area contributed by atoms with Gasteiger partial charge in [0.05, 0.1) is 0 Å². The maximum Gasteiger partial charge on any atom is 0.0238 e. The van der Waals surface area contributed by atoms with Crippen LogP contribution in [0.15, 0.2) is 0 Å². The molecule has 1 unspecified atom stereocenters. The van der Waals surface area contributed by atoms with Crippen LogP contribution < -0.4 is 5.32 Å². The summed E-state index contributed by atoms with van der Waals surface area (Å²) in [6.07, 6.45) is 6.43. The summed E-state index contributed by atoms with van der Waals surface area (Å²) in [5.41, 5.74) is 0. The van der Waals surface area contributed by atoms with Crippen LogP contribution in [-0.4, -0.2) is 18.5 Å². The maximum absolute atomic E-state index is 5.62. The van der Waals surface area contributed by atoms with Gasteiger partial charge in [-0.05, 0) is 26.3 Å². The Morgan fingerprint density at radius 1 is 1.25 bits per heavy atom. The van der Waals surface area contributed by atoms with Gasteiger partial charge in [-0.25, -0.2) is 0 Å². The topological polar surface area (TPSA) is 12.0 Å². The third-order valence-electron chi connectivity index (χ3n) is 2.07. The highest BCUT2D eigenvalue weighted by molar-refractivity contribution is 6.17. The molecule has 2 heteroatoms. The van der Waals surface area contributed by atoms with Gasteiger partial charge in [-0.15, -0.1) is 11.6 Å². The van der Waals surface area contributed by atoms with Crippen LogP contribution in [0.3, 0.4) is 0 Å². The maximum atomic E-state index is 5.62. The summed E-state index contributed by atoms with van der Waals surface area (Å²) in [5, 5.41) is 3.46. The first-order chi connectivity index (χ1) is 5.81.